The second-order valence-electron chi connectivity index (χ2n) is 2.95. The van der Waals surface area contributed by atoms with E-state index in [1.807, 2.05) is 12.1 Å². The van der Waals surface area contributed by atoms with Crippen LogP contribution >= 0.6 is 15.9 Å². The molecular formula is C9H8BrN3O. The minimum Gasteiger partial charge on any atom is -0.397 e. The molecule has 0 aliphatic carbocycles. The van der Waals surface area contributed by atoms with Crippen LogP contribution in [0.25, 0.3) is 10.9 Å². The van der Waals surface area contributed by atoms with Crippen molar-refractivity contribution in [3.05, 3.63) is 28.9 Å². The van der Waals surface area contributed by atoms with E-state index in [0.29, 0.717) is 11.2 Å². The van der Waals surface area contributed by atoms with Crippen molar-refractivity contribution in [2.45, 2.75) is 0 Å². The first-order chi connectivity index (χ1) is 6.59. The van der Waals surface area contributed by atoms with Gasteiger partial charge in [-0.3, -0.25) is 4.57 Å². The number of halogens is 1. The third-order valence-corrected chi connectivity index (χ3v) is 2.53. The minimum atomic E-state index is -0.537. The van der Waals surface area contributed by atoms with Gasteiger partial charge >= 0.3 is 6.03 Å². The summed E-state index contributed by atoms with van der Waals surface area (Å²) in [5, 5.41) is 0.826. The summed E-state index contributed by atoms with van der Waals surface area (Å²) < 4.78 is 2.21. The standard InChI is InChI=1S/C9H8BrN3O/c10-5-1-2-6-7(11)4-13(9(12)14)8(6)3-5/h1-4H,11H2,(H2,12,14). The molecule has 1 amide bonds. The van der Waals surface area contributed by atoms with Gasteiger partial charge in [-0.05, 0) is 18.2 Å². The maximum Gasteiger partial charge on any atom is 0.323 e. The van der Waals surface area contributed by atoms with Crippen molar-refractivity contribution in [3.8, 4) is 0 Å². The van der Waals surface area contributed by atoms with Gasteiger partial charge in [-0.1, -0.05) is 15.9 Å². The molecule has 0 saturated heterocycles. The summed E-state index contributed by atoms with van der Waals surface area (Å²) in [5.74, 6) is 0. The third-order valence-electron chi connectivity index (χ3n) is 2.04. The molecule has 1 aromatic heterocycles. The summed E-state index contributed by atoms with van der Waals surface area (Å²) in [6.45, 7) is 0. The smallest absolute Gasteiger partial charge is 0.323 e. The summed E-state index contributed by atoms with van der Waals surface area (Å²) >= 11 is 3.32. The molecule has 0 radical (unpaired) electrons. The SMILES string of the molecule is NC(=O)n1cc(N)c2ccc(Br)cc21. The van der Waals surface area contributed by atoms with Gasteiger partial charge in [0.25, 0.3) is 0 Å². The Morgan fingerprint density at radius 1 is 1.43 bits per heavy atom. The van der Waals surface area contributed by atoms with Crippen molar-refractivity contribution in [1.29, 1.82) is 0 Å². The first kappa shape index (κ1) is 9.08. The van der Waals surface area contributed by atoms with Crippen LogP contribution in [0, 0.1) is 0 Å². The maximum absolute atomic E-state index is 11.1. The lowest BCUT2D eigenvalue weighted by atomic mass is 10.2. The predicted molar refractivity (Wildman–Crippen MR) is 59.0 cm³/mol. The molecule has 2 aromatic rings. The number of aromatic nitrogens is 1. The van der Waals surface area contributed by atoms with Gasteiger partial charge < -0.3 is 11.5 Å². The summed E-state index contributed by atoms with van der Waals surface area (Å²) in [4.78, 5) is 11.1. The summed E-state index contributed by atoms with van der Waals surface area (Å²) in [7, 11) is 0. The lowest BCUT2D eigenvalue weighted by molar-refractivity contribution is 0.251. The van der Waals surface area contributed by atoms with Gasteiger partial charge in [-0.15, -0.1) is 0 Å². The fourth-order valence-electron chi connectivity index (χ4n) is 1.41. The number of amides is 1. The molecule has 0 aliphatic heterocycles. The Hall–Kier alpha value is -1.49. The van der Waals surface area contributed by atoms with Crippen molar-refractivity contribution in [3.63, 3.8) is 0 Å². The number of nitrogens with two attached hydrogens (primary N) is 2. The Labute approximate surface area is 88.6 Å². The van der Waals surface area contributed by atoms with Crippen LogP contribution in [-0.4, -0.2) is 10.6 Å². The first-order valence-electron chi connectivity index (χ1n) is 3.95. The van der Waals surface area contributed by atoms with Crippen LogP contribution < -0.4 is 11.5 Å². The van der Waals surface area contributed by atoms with Gasteiger partial charge in [0.15, 0.2) is 0 Å². The van der Waals surface area contributed by atoms with Crippen LogP contribution in [0.4, 0.5) is 10.5 Å². The second kappa shape index (κ2) is 3.02. The normalized spacial score (nSPS) is 10.6. The van der Waals surface area contributed by atoms with Gasteiger partial charge in [0.1, 0.15) is 0 Å². The van der Waals surface area contributed by atoms with Crippen LogP contribution in [0.15, 0.2) is 28.9 Å². The highest BCUT2D eigenvalue weighted by atomic mass is 79.9. The van der Waals surface area contributed by atoms with Gasteiger partial charge in [-0.2, -0.15) is 0 Å². The molecular weight excluding hydrogens is 246 g/mol. The van der Waals surface area contributed by atoms with Gasteiger partial charge in [0, 0.05) is 16.1 Å². The van der Waals surface area contributed by atoms with Crippen molar-refractivity contribution in [1.82, 2.24) is 4.57 Å². The Morgan fingerprint density at radius 2 is 2.14 bits per heavy atom. The zero-order valence-corrected chi connectivity index (χ0v) is 8.78. The lowest BCUT2D eigenvalue weighted by Gasteiger charge is -1.98. The number of carbonyl (C=O) groups is 1. The van der Waals surface area contributed by atoms with Gasteiger partial charge in [0.05, 0.1) is 11.2 Å². The molecule has 0 atom stereocenters. The molecule has 1 aromatic carbocycles. The summed E-state index contributed by atoms with van der Waals surface area (Å²) in [6, 6.07) is 4.97. The van der Waals surface area contributed by atoms with Crippen LogP contribution in [0.2, 0.25) is 0 Å². The number of hydrogen-bond donors (Lipinski definition) is 2. The van der Waals surface area contributed by atoms with E-state index in [4.69, 9.17) is 11.5 Å². The van der Waals surface area contributed by atoms with E-state index in [9.17, 15) is 4.79 Å². The number of fused-ring (bicyclic) bond motifs is 1. The number of rotatable bonds is 0. The zero-order chi connectivity index (χ0) is 10.3. The molecule has 5 heteroatoms. The number of nitrogens with zero attached hydrogens (tertiary/aromatic N) is 1. The van der Waals surface area contributed by atoms with Crippen molar-refractivity contribution < 1.29 is 4.79 Å². The number of primary amides is 1. The highest BCUT2D eigenvalue weighted by molar-refractivity contribution is 9.10. The minimum absolute atomic E-state index is 0.537. The van der Waals surface area contributed by atoms with E-state index in [1.165, 1.54) is 10.8 Å². The number of nitrogen functional groups attached to an aromatic ring is 1. The highest BCUT2D eigenvalue weighted by Gasteiger charge is 2.09. The predicted octanol–water partition coefficient (Wildman–Crippen LogP) is 1.91. The maximum atomic E-state index is 11.1. The number of anilines is 1. The second-order valence-corrected chi connectivity index (χ2v) is 3.87. The highest BCUT2D eigenvalue weighted by Crippen LogP contribution is 2.26. The summed E-state index contributed by atoms with van der Waals surface area (Å²) in [5.41, 5.74) is 12.2. The van der Waals surface area contributed by atoms with E-state index in [2.05, 4.69) is 15.9 Å². The molecule has 4 nitrogen and oxygen atoms in total. The monoisotopic (exact) mass is 253 g/mol. The molecule has 0 bridgehead atoms. The molecule has 72 valence electrons. The van der Waals surface area contributed by atoms with Crippen molar-refractivity contribution in [2.75, 3.05) is 5.73 Å². The zero-order valence-electron chi connectivity index (χ0n) is 7.20. The Balaban J connectivity index is 2.85. The third kappa shape index (κ3) is 1.26. The first-order valence-corrected chi connectivity index (χ1v) is 4.75. The average Bonchev–Trinajstić information content (AvgIpc) is 2.43. The van der Waals surface area contributed by atoms with Gasteiger partial charge in [0.2, 0.25) is 0 Å². The van der Waals surface area contributed by atoms with Crippen molar-refractivity contribution in [2.24, 2.45) is 5.73 Å². The number of hydrogen-bond acceptors (Lipinski definition) is 2. The quantitative estimate of drug-likeness (QED) is 0.753. The molecule has 0 fully saturated rings. The molecule has 0 saturated carbocycles. The summed E-state index contributed by atoms with van der Waals surface area (Å²) in [6.07, 6.45) is 1.53. The van der Waals surface area contributed by atoms with E-state index in [-0.39, 0.29) is 0 Å². The largest absolute Gasteiger partial charge is 0.397 e. The van der Waals surface area contributed by atoms with E-state index in [1.54, 1.807) is 6.07 Å². The number of carbonyl (C=O) groups excluding carboxylic acids is 1. The van der Waals surface area contributed by atoms with E-state index < -0.39 is 6.03 Å². The fraction of sp³-hybridized carbons (Fsp3) is 0. The molecule has 2 rings (SSSR count). The van der Waals surface area contributed by atoms with Crippen LogP contribution in [0.1, 0.15) is 0 Å². The fourth-order valence-corrected chi connectivity index (χ4v) is 1.76. The topological polar surface area (TPSA) is 74.0 Å². The molecule has 4 N–H and O–H groups in total. The Bertz CT molecular complexity index is 518. The molecule has 14 heavy (non-hydrogen) atoms. The van der Waals surface area contributed by atoms with Gasteiger partial charge in [-0.25, -0.2) is 4.79 Å². The Kier molecular flexibility index (Phi) is 1.96. The van der Waals surface area contributed by atoms with Crippen LogP contribution in [0.3, 0.4) is 0 Å². The molecule has 0 aliphatic rings. The molecule has 0 spiro atoms. The Morgan fingerprint density at radius 3 is 2.79 bits per heavy atom. The molecule has 0 unspecified atom stereocenters. The van der Waals surface area contributed by atoms with Crippen LogP contribution in [-0.2, 0) is 0 Å². The van der Waals surface area contributed by atoms with E-state index in [0.717, 1.165) is 9.86 Å². The van der Waals surface area contributed by atoms with Crippen LogP contribution in [0.5, 0.6) is 0 Å². The average molecular weight is 254 g/mol. The van der Waals surface area contributed by atoms with E-state index >= 15 is 0 Å². The lowest BCUT2D eigenvalue weighted by Crippen LogP contribution is -2.18. The number of benzene rings is 1. The van der Waals surface area contributed by atoms with Crippen molar-refractivity contribution >= 4 is 38.6 Å². The molecule has 1 heterocycles.